The first-order chi connectivity index (χ1) is 12.6. The fourth-order valence-electron chi connectivity index (χ4n) is 3.86. The van der Waals surface area contributed by atoms with Crippen molar-refractivity contribution in [2.45, 2.75) is 25.1 Å². The van der Waals surface area contributed by atoms with Crippen molar-refractivity contribution in [3.63, 3.8) is 0 Å². The summed E-state index contributed by atoms with van der Waals surface area (Å²) in [5.74, 6) is 0.976. The summed E-state index contributed by atoms with van der Waals surface area (Å²) >= 11 is 1.71. The van der Waals surface area contributed by atoms with Crippen molar-refractivity contribution in [3.05, 3.63) is 59.9 Å². The molecule has 2 aromatic rings. The SMILES string of the molecule is COc1ccc([C@@]2(O)[C@H](C)N(c3ccccc3)C3=[N+]2CCCS3)c(F)c1. The minimum absolute atomic E-state index is 0.282. The van der Waals surface area contributed by atoms with Crippen LogP contribution in [0.3, 0.4) is 0 Å². The van der Waals surface area contributed by atoms with Crippen LogP contribution in [-0.2, 0) is 5.72 Å². The van der Waals surface area contributed by atoms with E-state index in [1.165, 1.54) is 13.2 Å². The van der Waals surface area contributed by atoms with Crippen molar-refractivity contribution >= 4 is 22.6 Å². The van der Waals surface area contributed by atoms with E-state index in [2.05, 4.69) is 4.90 Å². The molecule has 0 bridgehead atoms. The van der Waals surface area contributed by atoms with Crippen LogP contribution in [-0.4, -0.2) is 40.3 Å². The van der Waals surface area contributed by atoms with Crippen LogP contribution >= 0.6 is 11.8 Å². The molecular formula is C20H22FN2O2S+. The molecule has 0 saturated heterocycles. The lowest BCUT2D eigenvalue weighted by Gasteiger charge is -2.29. The van der Waals surface area contributed by atoms with Gasteiger partial charge in [-0.1, -0.05) is 18.2 Å². The summed E-state index contributed by atoms with van der Waals surface area (Å²) in [6, 6.07) is 14.3. The lowest BCUT2D eigenvalue weighted by Crippen LogP contribution is -2.48. The lowest BCUT2D eigenvalue weighted by atomic mass is 9.94. The van der Waals surface area contributed by atoms with Crippen molar-refractivity contribution in [2.75, 3.05) is 24.3 Å². The fraction of sp³-hybridized carbons (Fsp3) is 0.350. The highest BCUT2D eigenvalue weighted by molar-refractivity contribution is 8.14. The second kappa shape index (κ2) is 6.59. The molecule has 2 aromatic carbocycles. The van der Waals surface area contributed by atoms with Gasteiger partial charge in [-0.2, -0.15) is 0 Å². The Kier molecular flexibility index (Phi) is 4.40. The number of ether oxygens (including phenoxy) is 1. The van der Waals surface area contributed by atoms with Gasteiger partial charge in [-0.3, -0.25) is 0 Å². The van der Waals surface area contributed by atoms with Gasteiger partial charge in [0.25, 0.3) is 5.72 Å². The molecule has 2 atom stereocenters. The molecule has 136 valence electrons. The number of benzene rings is 2. The molecule has 0 aliphatic carbocycles. The summed E-state index contributed by atoms with van der Waals surface area (Å²) < 4.78 is 22.0. The van der Waals surface area contributed by atoms with Crippen LogP contribution in [0.15, 0.2) is 48.5 Å². The number of methoxy groups -OCH3 is 1. The summed E-state index contributed by atoms with van der Waals surface area (Å²) in [4.78, 5) is 2.12. The molecule has 0 radical (unpaired) electrons. The Morgan fingerprint density at radius 2 is 2.04 bits per heavy atom. The Bertz CT molecular complexity index is 858. The first kappa shape index (κ1) is 17.4. The van der Waals surface area contributed by atoms with Crippen LogP contribution in [0.5, 0.6) is 5.75 Å². The maximum absolute atomic E-state index is 14.9. The molecule has 2 heterocycles. The minimum Gasteiger partial charge on any atom is -0.497 e. The number of thioether (sulfide) groups is 1. The molecule has 26 heavy (non-hydrogen) atoms. The third-order valence-corrected chi connectivity index (χ3v) is 6.35. The van der Waals surface area contributed by atoms with Gasteiger partial charge in [-0.05, 0) is 49.4 Å². The molecule has 0 unspecified atom stereocenters. The van der Waals surface area contributed by atoms with E-state index in [4.69, 9.17) is 4.74 Å². The Morgan fingerprint density at radius 3 is 2.73 bits per heavy atom. The van der Waals surface area contributed by atoms with E-state index in [9.17, 15) is 9.50 Å². The Hall–Kier alpha value is -2.05. The standard InChI is InChI=1S/C20H22FN2O2S/c1-14-20(24,17-10-9-16(25-2)13-18(17)21)22-11-6-12-26-19(22)23(14)15-7-4-3-5-8-15/h3-5,7-10,13-14,24H,6,11-12H2,1-2H3/q+1/t14-,20-/m0/s1. The second-order valence-corrected chi connectivity index (χ2v) is 7.65. The van der Waals surface area contributed by atoms with Gasteiger partial charge in [0.05, 0.1) is 19.2 Å². The highest BCUT2D eigenvalue weighted by Crippen LogP contribution is 2.43. The van der Waals surface area contributed by atoms with Gasteiger partial charge >= 0.3 is 5.17 Å². The largest absolute Gasteiger partial charge is 0.497 e. The van der Waals surface area contributed by atoms with Gasteiger partial charge in [0.1, 0.15) is 17.3 Å². The van der Waals surface area contributed by atoms with Crippen LogP contribution in [0.1, 0.15) is 18.9 Å². The number of hydrogen-bond donors (Lipinski definition) is 1. The third-order valence-electron chi connectivity index (χ3n) is 5.18. The molecule has 4 nitrogen and oxygen atoms in total. The van der Waals surface area contributed by atoms with Gasteiger partial charge < -0.3 is 9.84 Å². The first-order valence-electron chi connectivity index (χ1n) is 8.75. The van der Waals surface area contributed by atoms with Crippen molar-refractivity contribution < 1.29 is 18.8 Å². The van der Waals surface area contributed by atoms with E-state index >= 15 is 0 Å². The third kappa shape index (κ3) is 2.51. The zero-order chi connectivity index (χ0) is 18.3. The van der Waals surface area contributed by atoms with Crippen LogP contribution in [0, 0.1) is 5.82 Å². The second-order valence-electron chi connectivity index (χ2n) is 6.59. The Morgan fingerprint density at radius 1 is 1.27 bits per heavy atom. The molecule has 6 heteroatoms. The number of rotatable bonds is 3. The molecule has 2 aliphatic heterocycles. The predicted molar refractivity (Wildman–Crippen MR) is 102 cm³/mol. The summed E-state index contributed by atoms with van der Waals surface area (Å²) in [6.07, 6.45) is 0.948. The maximum atomic E-state index is 14.9. The van der Waals surface area contributed by atoms with E-state index in [1.807, 2.05) is 41.8 Å². The fourth-order valence-corrected chi connectivity index (χ4v) is 5.11. The van der Waals surface area contributed by atoms with Crippen molar-refractivity contribution in [3.8, 4) is 5.75 Å². The summed E-state index contributed by atoms with van der Waals surface area (Å²) in [7, 11) is 1.51. The normalized spacial score (nSPS) is 25.4. The molecular weight excluding hydrogens is 351 g/mol. The van der Waals surface area contributed by atoms with Gasteiger partial charge in [-0.15, -0.1) is 0 Å². The van der Waals surface area contributed by atoms with E-state index in [1.54, 1.807) is 23.9 Å². The van der Waals surface area contributed by atoms with Crippen molar-refractivity contribution in [1.29, 1.82) is 0 Å². The van der Waals surface area contributed by atoms with Crippen LogP contribution in [0.4, 0.5) is 10.1 Å². The van der Waals surface area contributed by atoms with Gasteiger partial charge in [0.2, 0.25) is 0 Å². The van der Waals surface area contributed by atoms with Gasteiger partial charge in [0.15, 0.2) is 6.04 Å². The van der Waals surface area contributed by atoms with Gasteiger partial charge in [0, 0.05) is 11.8 Å². The smallest absolute Gasteiger partial charge is 0.316 e. The van der Waals surface area contributed by atoms with Crippen molar-refractivity contribution in [2.24, 2.45) is 0 Å². The highest BCUT2D eigenvalue weighted by Gasteiger charge is 2.60. The summed E-state index contributed by atoms with van der Waals surface area (Å²) in [6.45, 7) is 2.64. The lowest BCUT2D eigenvalue weighted by molar-refractivity contribution is -0.662. The van der Waals surface area contributed by atoms with Crippen LogP contribution < -0.4 is 9.64 Å². The summed E-state index contributed by atoms with van der Waals surface area (Å²) in [5, 5.41) is 12.8. The van der Waals surface area contributed by atoms with E-state index < -0.39 is 11.5 Å². The molecule has 0 aromatic heterocycles. The van der Waals surface area contributed by atoms with E-state index in [0.29, 0.717) is 12.3 Å². The minimum atomic E-state index is -1.44. The molecule has 0 saturated carbocycles. The number of amidine groups is 1. The monoisotopic (exact) mass is 373 g/mol. The number of hydrogen-bond acceptors (Lipinski definition) is 4. The maximum Gasteiger partial charge on any atom is 0.316 e. The first-order valence-corrected chi connectivity index (χ1v) is 9.74. The molecule has 0 spiro atoms. The van der Waals surface area contributed by atoms with Crippen molar-refractivity contribution in [1.82, 2.24) is 0 Å². The van der Waals surface area contributed by atoms with E-state index in [-0.39, 0.29) is 11.6 Å². The molecule has 4 rings (SSSR count). The number of aliphatic hydroxyl groups is 1. The zero-order valence-corrected chi connectivity index (χ0v) is 15.7. The summed E-state index contributed by atoms with van der Waals surface area (Å²) in [5.41, 5.74) is -0.155. The Balaban J connectivity index is 1.87. The number of halogens is 1. The predicted octanol–water partition coefficient (Wildman–Crippen LogP) is 3.39. The molecule has 0 amide bonds. The number of anilines is 1. The Labute approximate surface area is 156 Å². The topological polar surface area (TPSA) is 35.7 Å². The van der Waals surface area contributed by atoms with Gasteiger partial charge in [-0.25, -0.2) is 13.9 Å². The molecule has 0 fully saturated rings. The zero-order valence-electron chi connectivity index (χ0n) is 14.9. The van der Waals surface area contributed by atoms with Crippen LogP contribution in [0.2, 0.25) is 0 Å². The van der Waals surface area contributed by atoms with E-state index in [0.717, 1.165) is 23.0 Å². The number of nitrogens with zero attached hydrogens (tertiary/aromatic N) is 2. The quantitative estimate of drug-likeness (QED) is 0.837. The highest BCUT2D eigenvalue weighted by atomic mass is 32.2. The molecule has 1 N–H and O–H groups in total. The average molecular weight is 373 g/mol. The number of para-hydroxylation sites is 1. The average Bonchev–Trinajstić information content (AvgIpc) is 2.90. The van der Waals surface area contributed by atoms with Crippen LogP contribution in [0.25, 0.3) is 0 Å². The molecule has 2 aliphatic rings.